The van der Waals surface area contributed by atoms with Gasteiger partial charge in [0.2, 0.25) is 0 Å². The Kier molecular flexibility index (Phi) is 3.69. The molecule has 0 saturated heterocycles. The van der Waals surface area contributed by atoms with Gasteiger partial charge in [0, 0.05) is 24.1 Å². The smallest absolute Gasteiger partial charge is 0.0437 e. The van der Waals surface area contributed by atoms with E-state index in [1.54, 1.807) is 11.3 Å². The number of rotatable bonds is 4. The van der Waals surface area contributed by atoms with Crippen molar-refractivity contribution in [2.24, 2.45) is 4.99 Å². The van der Waals surface area contributed by atoms with Crippen molar-refractivity contribution < 1.29 is 0 Å². The van der Waals surface area contributed by atoms with E-state index in [9.17, 15) is 0 Å². The van der Waals surface area contributed by atoms with Crippen LogP contribution in [0.1, 0.15) is 10.4 Å². The minimum absolute atomic E-state index is 0.870. The van der Waals surface area contributed by atoms with Crippen LogP contribution in [0.25, 0.3) is 0 Å². The maximum Gasteiger partial charge on any atom is 0.0437 e. The highest BCUT2D eigenvalue weighted by molar-refractivity contribution is 7.09. The van der Waals surface area contributed by atoms with Crippen LogP contribution in [0.4, 0.5) is 0 Å². The van der Waals surface area contributed by atoms with Gasteiger partial charge in [0.05, 0.1) is 0 Å². The average Bonchev–Trinajstić information content (AvgIpc) is 2.79. The summed E-state index contributed by atoms with van der Waals surface area (Å²) < 4.78 is 0. The molecule has 15 heavy (non-hydrogen) atoms. The first kappa shape index (κ1) is 10.1. The Morgan fingerprint density at radius 1 is 1.07 bits per heavy atom. The van der Waals surface area contributed by atoms with Crippen molar-refractivity contribution in [1.29, 1.82) is 0 Å². The number of benzene rings is 1. The minimum atomic E-state index is 0.870. The predicted octanol–water partition coefficient (Wildman–Crippen LogP) is 3.41. The van der Waals surface area contributed by atoms with Gasteiger partial charge in [-0.3, -0.25) is 4.99 Å². The lowest BCUT2D eigenvalue weighted by Gasteiger charge is -1.92. The van der Waals surface area contributed by atoms with Gasteiger partial charge in [-0.2, -0.15) is 0 Å². The van der Waals surface area contributed by atoms with Crippen molar-refractivity contribution in [3.05, 3.63) is 58.3 Å². The molecule has 1 aromatic carbocycles. The largest absolute Gasteiger partial charge is 0.292 e. The van der Waals surface area contributed by atoms with Crippen LogP contribution in [0.3, 0.4) is 0 Å². The molecule has 0 aliphatic carbocycles. The van der Waals surface area contributed by atoms with Crippen molar-refractivity contribution in [2.45, 2.75) is 6.42 Å². The summed E-state index contributed by atoms with van der Waals surface area (Å²) in [5, 5.41) is 2.11. The number of aliphatic imine (C=N–C) groups is 1. The van der Waals surface area contributed by atoms with E-state index < -0.39 is 0 Å². The summed E-state index contributed by atoms with van der Waals surface area (Å²) in [4.78, 5) is 5.80. The molecule has 2 rings (SSSR count). The Morgan fingerprint density at radius 3 is 2.67 bits per heavy atom. The van der Waals surface area contributed by atoms with Crippen LogP contribution in [0.5, 0.6) is 0 Å². The van der Waals surface area contributed by atoms with Crippen LogP contribution in [0.2, 0.25) is 0 Å². The predicted molar refractivity (Wildman–Crippen MR) is 66.9 cm³/mol. The molecule has 2 heteroatoms. The molecule has 0 bridgehead atoms. The van der Waals surface area contributed by atoms with E-state index in [1.807, 2.05) is 24.4 Å². The monoisotopic (exact) mass is 215 g/mol. The Bertz CT molecular complexity index is 403. The van der Waals surface area contributed by atoms with Gasteiger partial charge in [0.15, 0.2) is 0 Å². The van der Waals surface area contributed by atoms with E-state index in [0.717, 1.165) is 13.0 Å². The topological polar surface area (TPSA) is 12.4 Å². The summed E-state index contributed by atoms with van der Waals surface area (Å²) in [5.41, 5.74) is 1.17. The molecular formula is C13H13NS. The normalized spacial score (nSPS) is 10.9. The zero-order valence-corrected chi connectivity index (χ0v) is 9.28. The molecule has 76 valence electrons. The summed E-state index contributed by atoms with van der Waals surface area (Å²) in [6.45, 7) is 0.870. The zero-order chi connectivity index (χ0) is 10.3. The molecule has 0 radical (unpaired) electrons. The van der Waals surface area contributed by atoms with Crippen LogP contribution in [-0.2, 0) is 6.42 Å². The third-order valence-corrected chi connectivity index (χ3v) is 3.04. The van der Waals surface area contributed by atoms with Crippen LogP contribution < -0.4 is 0 Å². The summed E-state index contributed by atoms with van der Waals surface area (Å²) in [7, 11) is 0. The first-order valence-corrected chi connectivity index (χ1v) is 5.90. The standard InChI is InChI=1S/C13H13NS/c1-2-5-12(6-3-1)11-14-9-8-13-7-4-10-15-13/h1-7,10-11H,8-9H2. The number of thiophene rings is 1. The second-order valence-electron chi connectivity index (χ2n) is 3.28. The Labute approximate surface area is 94.1 Å². The molecule has 0 atom stereocenters. The number of nitrogens with zero attached hydrogens (tertiary/aromatic N) is 1. The average molecular weight is 215 g/mol. The highest BCUT2D eigenvalue weighted by Gasteiger charge is 1.90. The molecule has 0 aliphatic heterocycles. The van der Waals surface area contributed by atoms with Crippen LogP contribution in [0, 0.1) is 0 Å². The van der Waals surface area contributed by atoms with Gasteiger partial charge in [0.1, 0.15) is 0 Å². The van der Waals surface area contributed by atoms with E-state index in [4.69, 9.17) is 0 Å². The maximum absolute atomic E-state index is 4.40. The van der Waals surface area contributed by atoms with Gasteiger partial charge in [-0.25, -0.2) is 0 Å². The van der Waals surface area contributed by atoms with Gasteiger partial charge in [-0.1, -0.05) is 36.4 Å². The molecule has 1 heterocycles. The van der Waals surface area contributed by atoms with Gasteiger partial charge >= 0.3 is 0 Å². The lowest BCUT2D eigenvalue weighted by atomic mass is 10.2. The van der Waals surface area contributed by atoms with Crippen LogP contribution >= 0.6 is 11.3 Å². The lowest BCUT2D eigenvalue weighted by molar-refractivity contribution is 0.993. The van der Waals surface area contributed by atoms with Gasteiger partial charge in [-0.15, -0.1) is 11.3 Å². The molecule has 0 unspecified atom stereocenters. The molecular weight excluding hydrogens is 202 g/mol. The van der Waals surface area contributed by atoms with Crippen molar-refractivity contribution >= 4 is 17.6 Å². The molecule has 1 nitrogen and oxygen atoms in total. The van der Waals surface area contributed by atoms with Crippen molar-refractivity contribution in [3.8, 4) is 0 Å². The fraction of sp³-hybridized carbons (Fsp3) is 0.154. The molecule has 2 aromatic rings. The molecule has 0 aliphatic rings. The van der Waals surface area contributed by atoms with Gasteiger partial charge in [0.25, 0.3) is 0 Å². The second kappa shape index (κ2) is 5.47. The third kappa shape index (κ3) is 3.33. The summed E-state index contributed by atoms with van der Waals surface area (Å²) >= 11 is 1.80. The second-order valence-corrected chi connectivity index (χ2v) is 4.31. The summed E-state index contributed by atoms with van der Waals surface area (Å²) in [6, 6.07) is 14.4. The van der Waals surface area contributed by atoms with E-state index in [-0.39, 0.29) is 0 Å². The number of hydrogen-bond acceptors (Lipinski definition) is 2. The van der Waals surface area contributed by atoms with Crippen molar-refractivity contribution in [2.75, 3.05) is 6.54 Å². The molecule has 0 N–H and O–H groups in total. The Balaban J connectivity index is 1.81. The fourth-order valence-corrected chi connectivity index (χ4v) is 2.04. The molecule has 0 saturated carbocycles. The first-order chi connectivity index (χ1) is 7.45. The van der Waals surface area contributed by atoms with E-state index in [2.05, 4.69) is 34.6 Å². The molecule has 1 aromatic heterocycles. The zero-order valence-electron chi connectivity index (χ0n) is 8.47. The van der Waals surface area contributed by atoms with E-state index >= 15 is 0 Å². The number of hydrogen-bond donors (Lipinski definition) is 0. The molecule has 0 fully saturated rings. The summed E-state index contributed by atoms with van der Waals surface area (Å²) in [6.07, 6.45) is 2.98. The third-order valence-electron chi connectivity index (χ3n) is 2.11. The van der Waals surface area contributed by atoms with E-state index in [0.29, 0.717) is 0 Å². The van der Waals surface area contributed by atoms with Gasteiger partial charge in [-0.05, 0) is 17.0 Å². The molecule has 0 spiro atoms. The fourth-order valence-electron chi connectivity index (χ4n) is 1.34. The minimum Gasteiger partial charge on any atom is -0.292 e. The Hall–Kier alpha value is -1.41. The maximum atomic E-state index is 4.40. The van der Waals surface area contributed by atoms with E-state index in [1.165, 1.54) is 10.4 Å². The Morgan fingerprint density at radius 2 is 1.93 bits per heavy atom. The first-order valence-electron chi connectivity index (χ1n) is 5.02. The van der Waals surface area contributed by atoms with Crippen molar-refractivity contribution in [3.63, 3.8) is 0 Å². The highest BCUT2D eigenvalue weighted by Crippen LogP contribution is 2.08. The molecule has 0 amide bonds. The van der Waals surface area contributed by atoms with Gasteiger partial charge < -0.3 is 0 Å². The van der Waals surface area contributed by atoms with Crippen LogP contribution in [-0.4, -0.2) is 12.8 Å². The summed E-state index contributed by atoms with van der Waals surface area (Å²) in [5.74, 6) is 0. The highest BCUT2D eigenvalue weighted by atomic mass is 32.1. The quantitative estimate of drug-likeness (QED) is 0.693. The lowest BCUT2D eigenvalue weighted by Crippen LogP contribution is -1.87. The van der Waals surface area contributed by atoms with Crippen LogP contribution in [0.15, 0.2) is 52.8 Å². The van der Waals surface area contributed by atoms with Crippen molar-refractivity contribution in [1.82, 2.24) is 0 Å². The SMILES string of the molecule is C(=NCCc1cccs1)c1ccccc1.